The van der Waals surface area contributed by atoms with E-state index < -0.39 is 0 Å². The molecule has 2 fully saturated rings. The zero-order valence-electron chi connectivity index (χ0n) is 15.0. The van der Waals surface area contributed by atoms with E-state index in [1.54, 1.807) is 0 Å². The van der Waals surface area contributed by atoms with Gasteiger partial charge in [0.25, 0.3) is 0 Å². The van der Waals surface area contributed by atoms with Crippen LogP contribution in [0.15, 0.2) is 29.3 Å². The third kappa shape index (κ3) is 4.11. The van der Waals surface area contributed by atoms with Gasteiger partial charge in [-0.3, -0.25) is 9.89 Å². The molecular formula is C19H29IN4O. The monoisotopic (exact) mass is 456 g/mol. The molecule has 1 N–H and O–H groups in total. The lowest BCUT2D eigenvalue weighted by atomic mass is 9.78. The van der Waals surface area contributed by atoms with Gasteiger partial charge in [0.05, 0.1) is 13.2 Å². The Morgan fingerprint density at radius 1 is 1.24 bits per heavy atom. The molecule has 1 aromatic carbocycles. The average Bonchev–Trinajstić information content (AvgIpc) is 3.10. The van der Waals surface area contributed by atoms with Crippen LogP contribution in [-0.2, 0) is 11.2 Å². The van der Waals surface area contributed by atoms with Crippen molar-refractivity contribution in [1.82, 2.24) is 15.1 Å². The van der Waals surface area contributed by atoms with Crippen LogP contribution in [0, 0.1) is 0 Å². The van der Waals surface area contributed by atoms with Crippen molar-refractivity contribution in [3.63, 3.8) is 0 Å². The van der Waals surface area contributed by atoms with Gasteiger partial charge >= 0.3 is 0 Å². The predicted octanol–water partition coefficient (Wildman–Crippen LogP) is 1.93. The summed E-state index contributed by atoms with van der Waals surface area (Å²) < 4.78 is 5.48. The Balaban J connectivity index is 0.00000182. The van der Waals surface area contributed by atoms with Gasteiger partial charge in [-0.15, -0.1) is 24.0 Å². The zero-order valence-corrected chi connectivity index (χ0v) is 17.3. The van der Waals surface area contributed by atoms with Crippen LogP contribution < -0.4 is 5.32 Å². The second-order valence-electron chi connectivity index (χ2n) is 7.06. The standard InChI is InChI=1S/C19H28N4O.HI/c1-20-19(21-13-16-12-15-4-2-3-5-18(15)16)23-7-6-17(14-23)22-8-10-24-11-9-22;/h2-5,16-17H,6-14H2,1H3,(H,20,21);1H. The highest BCUT2D eigenvalue weighted by molar-refractivity contribution is 14.0. The van der Waals surface area contributed by atoms with Gasteiger partial charge in [0, 0.05) is 51.7 Å². The normalized spacial score (nSPS) is 26.6. The van der Waals surface area contributed by atoms with Crippen molar-refractivity contribution in [2.45, 2.75) is 24.8 Å². The van der Waals surface area contributed by atoms with Crippen LogP contribution in [0.3, 0.4) is 0 Å². The van der Waals surface area contributed by atoms with Crippen molar-refractivity contribution < 1.29 is 4.74 Å². The van der Waals surface area contributed by atoms with E-state index in [0.29, 0.717) is 12.0 Å². The molecule has 0 spiro atoms. The molecule has 2 unspecified atom stereocenters. The first-order valence-electron chi connectivity index (χ1n) is 9.20. The molecule has 2 saturated heterocycles. The second kappa shape index (κ2) is 8.68. The van der Waals surface area contributed by atoms with Gasteiger partial charge in [-0.2, -0.15) is 0 Å². The highest BCUT2D eigenvalue weighted by atomic mass is 127. The fourth-order valence-corrected chi connectivity index (χ4v) is 4.27. The number of fused-ring (bicyclic) bond motifs is 1. The SMILES string of the molecule is CN=C(NCC1Cc2ccccc21)N1CCC(N2CCOCC2)C1.I. The molecule has 0 saturated carbocycles. The maximum absolute atomic E-state index is 5.48. The number of nitrogens with one attached hydrogen (secondary N) is 1. The number of benzene rings is 1. The number of morpholine rings is 1. The Bertz CT molecular complexity index is 603. The topological polar surface area (TPSA) is 40.1 Å². The molecule has 2 atom stereocenters. The van der Waals surface area contributed by atoms with Crippen molar-refractivity contribution in [1.29, 1.82) is 0 Å². The van der Waals surface area contributed by atoms with Crippen LogP contribution in [-0.4, -0.2) is 74.8 Å². The number of guanidine groups is 1. The zero-order chi connectivity index (χ0) is 16.4. The molecule has 138 valence electrons. The predicted molar refractivity (Wildman–Crippen MR) is 112 cm³/mol. The molecule has 5 nitrogen and oxygen atoms in total. The van der Waals surface area contributed by atoms with Crippen molar-refractivity contribution >= 4 is 29.9 Å². The number of halogens is 1. The molecule has 0 bridgehead atoms. The molecule has 0 aromatic heterocycles. The van der Waals surface area contributed by atoms with Gasteiger partial charge in [-0.25, -0.2) is 0 Å². The number of likely N-dealkylation sites (tertiary alicyclic amines) is 1. The minimum atomic E-state index is 0. The Morgan fingerprint density at radius 3 is 2.80 bits per heavy atom. The second-order valence-corrected chi connectivity index (χ2v) is 7.06. The number of aliphatic imine (C=N–C) groups is 1. The van der Waals surface area contributed by atoms with Crippen LogP contribution in [0.1, 0.15) is 23.5 Å². The van der Waals surface area contributed by atoms with Crippen LogP contribution in [0.25, 0.3) is 0 Å². The molecule has 6 heteroatoms. The summed E-state index contributed by atoms with van der Waals surface area (Å²) in [6.07, 6.45) is 2.42. The summed E-state index contributed by atoms with van der Waals surface area (Å²) in [5.41, 5.74) is 3.01. The minimum Gasteiger partial charge on any atom is -0.379 e. The summed E-state index contributed by atoms with van der Waals surface area (Å²) in [4.78, 5) is 9.53. The first-order chi connectivity index (χ1) is 11.8. The maximum atomic E-state index is 5.48. The van der Waals surface area contributed by atoms with E-state index in [0.717, 1.165) is 51.9 Å². The molecule has 25 heavy (non-hydrogen) atoms. The summed E-state index contributed by atoms with van der Waals surface area (Å²) in [7, 11) is 1.90. The summed E-state index contributed by atoms with van der Waals surface area (Å²) in [6.45, 7) is 7.08. The van der Waals surface area contributed by atoms with E-state index in [9.17, 15) is 0 Å². The van der Waals surface area contributed by atoms with Crippen molar-refractivity contribution in [3.05, 3.63) is 35.4 Å². The average molecular weight is 456 g/mol. The van der Waals surface area contributed by atoms with E-state index in [1.807, 2.05) is 7.05 Å². The molecule has 2 aliphatic heterocycles. The number of ether oxygens (including phenoxy) is 1. The third-order valence-corrected chi connectivity index (χ3v) is 5.70. The van der Waals surface area contributed by atoms with Crippen molar-refractivity contribution in [2.24, 2.45) is 4.99 Å². The third-order valence-electron chi connectivity index (χ3n) is 5.70. The largest absolute Gasteiger partial charge is 0.379 e. The van der Waals surface area contributed by atoms with Crippen LogP contribution in [0.2, 0.25) is 0 Å². The summed E-state index contributed by atoms with van der Waals surface area (Å²) in [5, 5.41) is 3.61. The smallest absolute Gasteiger partial charge is 0.193 e. The van der Waals surface area contributed by atoms with Crippen molar-refractivity contribution in [3.8, 4) is 0 Å². The van der Waals surface area contributed by atoms with Gasteiger partial charge in [0.2, 0.25) is 0 Å². The minimum absolute atomic E-state index is 0. The lowest BCUT2D eigenvalue weighted by Crippen LogP contribution is -2.47. The van der Waals surface area contributed by atoms with E-state index >= 15 is 0 Å². The fraction of sp³-hybridized carbons (Fsp3) is 0.632. The highest BCUT2D eigenvalue weighted by Crippen LogP contribution is 2.34. The quantitative estimate of drug-likeness (QED) is 0.429. The maximum Gasteiger partial charge on any atom is 0.193 e. The summed E-state index contributed by atoms with van der Waals surface area (Å²) in [6, 6.07) is 9.44. The van der Waals surface area contributed by atoms with Crippen LogP contribution >= 0.6 is 24.0 Å². The van der Waals surface area contributed by atoms with Gasteiger partial charge in [-0.05, 0) is 24.0 Å². The van der Waals surface area contributed by atoms with Gasteiger partial charge in [0.15, 0.2) is 5.96 Å². The Morgan fingerprint density at radius 2 is 2.04 bits per heavy atom. The number of hydrogen-bond donors (Lipinski definition) is 1. The van der Waals surface area contributed by atoms with E-state index in [1.165, 1.54) is 24.0 Å². The Hall–Kier alpha value is -0.860. The summed E-state index contributed by atoms with van der Waals surface area (Å²) in [5.74, 6) is 1.70. The number of hydrogen-bond acceptors (Lipinski definition) is 3. The first kappa shape index (κ1) is 18.9. The summed E-state index contributed by atoms with van der Waals surface area (Å²) >= 11 is 0. The van der Waals surface area contributed by atoms with E-state index in [4.69, 9.17) is 4.74 Å². The van der Waals surface area contributed by atoms with Gasteiger partial charge in [-0.1, -0.05) is 24.3 Å². The van der Waals surface area contributed by atoms with Gasteiger partial charge in [0.1, 0.15) is 0 Å². The molecule has 1 aromatic rings. The lowest BCUT2D eigenvalue weighted by Gasteiger charge is -2.33. The Labute approximate surface area is 167 Å². The van der Waals surface area contributed by atoms with E-state index in [-0.39, 0.29) is 24.0 Å². The Kier molecular flexibility index (Phi) is 6.57. The number of nitrogens with zero attached hydrogens (tertiary/aromatic N) is 3. The van der Waals surface area contributed by atoms with E-state index in [2.05, 4.69) is 44.4 Å². The molecule has 4 rings (SSSR count). The highest BCUT2D eigenvalue weighted by Gasteiger charge is 2.31. The van der Waals surface area contributed by atoms with Crippen LogP contribution in [0.4, 0.5) is 0 Å². The van der Waals surface area contributed by atoms with Crippen molar-refractivity contribution in [2.75, 3.05) is 53.0 Å². The number of rotatable bonds is 3. The molecule has 2 heterocycles. The fourth-order valence-electron chi connectivity index (χ4n) is 4.27. The molecule has 0 radical (unpaired) electrons. The molecular weight excluding hydrogens is 427 g/mol. The van der Waals surface area contributed by atoms with Crippen LogP contribution in [0.5, 0.6) is 0 Å². The molecule has 0 amide bonds. The molecule has 3 aliphatic rings. The van der Waals surface area contributed by atoms with Gasteiger partial charge < -0.3 is 15.0 Å². The lowest BCUT2D eigenvalue weighted by molar-refractivity contribution is 0.0195. The molecule has 1 aliphatic carbocycles. The first-order valence-corrected chi connectivity index (χ1v) is 9.20.